The summed E-state index contributed by atoms with van der Waals surface area (Å²) in [5.41, 5.74) is 1.13. The highest BCUT2D eigenvalue weighted by Gasteiger charge is 2.10. The molecule has 0 bridgehead atoms. The lowest BCUT2D eigenvalue weighted by Gasteiger charge is -2.16. The number of carbonyl (C=O) groups excluding carboxylic acids is 1. The molecule has 0 saturated heterocycles. The van der Waals surface area contributed by atoms with E-state index in [9.17, 15) is 4.79 Å². The van der Waals surface area contributed by atoms with Gasteiger partial charge in [0.2, 0.25) is 5.91 Å². The van der Waals surface area contributed by atoms with E-state index in [0.29, 0.717) is 22.4 Å². The van der Waals surface area contributed by atoms with Gasteiger partial charge in [-0.25, -0.2) is 4.98 Å². The van der Waals surface area contributed by atoms with Gasteiger partial charge in [-0.05, 0) is 30.8 Å². The maximum Gasteiger partial charge on any atom is 0.239 e. The van der Waals surface area contributed by atoms with Crippen LogP contribution in [0.3, 0.4) is 0 Å². The predicted octanol–water partition coefficient (Wildman–Crippen LogP) is 4.22. The average Bonchev–Trinajstić information content (AvgIpc) is 2.44. The Hall–Kier alpha value is -1.14. The van der Waals surface area contributed by atoms with Crippen molar-refractivity contribution in [2.75, 3.05) is 18.9 Å². The summed E-state index contributed by atoms with van der Waals surface area (Å²) in [5.74, 6) is 0.129. The molecule has 1 N–H and O–H groups in total. The Bertz CT molecular complexity index is 664. The van der Waals surface area contributed by atoms with Crippen LogP contribution in [0.5, 0.6) is 0 Å². The first-order chi connectivity index (χ1) is 10.4. The van der Waals surface area contributed by atoms with Crippen molar-refractivity contribution < 1.29 is 4.79 Å². The first-order valence-corrected chi connectivity index (χ1v) is 8.03. The van der Waals surface area contributed by atoms with E-state index in [1.54, 1.807) is 0 Å². The molecule has 0 spiro atoms. The van der Waals surface area contributed by atoms with E-state index in [1.807, 2.05) is 36.2 Å². The van der Waals surface area contributed by atoms with Gasteiger partial charge in [0.1, 0.15) is 0 Å². The lowest BCUT2D eigenvalue weighted by atomic mass is 10.2. The molecule has 116 valence electrons. The van der Waals surface area contributed by atoms with Crippen LogP contribution in [0.2, 0.25) is 10.0 Å². The number of nitrogens with zero attached hydrogens (tertiary/aromatic N) is 2. The molecule has 0 aliphatic carbocycles. The van der Waals surface area contributed by atoms with Crippen molar-refractivity contribution in [1.82, 2.24) is 9.88 Å². The summed E-state index contributed by atoms with van der Waals surface area (Å²) in [5, 5.41) is 3.42. The molecule has 0 aliphatic heterocycles. The van der Waals surface area contributed by atoms with Gasteiger partial charge in [0.05, 0.1) is 16.6 Å². The van der Waals surface area contributed by atoms with Crippen molar-refractivity contribution in [2.24, 2.45) is 0 Å². The Balaban J connectivity index is 1.89. The van der Waals surface area contributed by atoms with Crippen molar-refractivity contribution in [1.29, 1.82) is 0 Å². The van der Waals surface area contributed by atoms with Crippen LogP contribution in [-0.4, -0.2) is 29.4 Å². The first-order valence-electron chi connectivity index (χ1n) is 6.48. The molecule has 1 heterocycles. The lowest BCUT2D eigenvalue weighted by Crippen LogP contribution is -2.30. The summed E-state index contributed by atoms with van der Waals surface area (Å²) in [6.07, 6.45) is 1.44. The van der Waals surface area contributed by atoms with Crippen molar-refractivity contribution in [3.05, 3.63) is 56.6 Å². The van der Waals surface area contributed by atoms with Gasteiger partial charge in [-0.3, -0.25) is 9.69 Å². The van der Waals surface area contributed by atoms with E-state index < -0.39 is 0 Å². The molecule has 4 nitrogen and oxygen atoms in total. The van der Waals surface area contributed by atoms with Crippen LogP contribution in [0.1, 0.15) is 5.56 Å². The standard InChI is InChI=1S/C15H14BrCl2N3O/c1-21(8-10-2-4-11(16)5-3-10)9-14(22)20-15-13(18)6-12(17)7-19-15/h2-7H,8-9H2,1H3,(H,19,20,22). The molecule has 0 saturated carbocycles. The topological polar surface area (TPSA) is 45.2 Å². The van der Waals surface area contributed by atoms with Gasteiger partial charge in [0, 0.05) is 17.2 Å². The minimum atomic E-state index is -0.184. The van der Waals surface area contributed by atoms with E-state index >= 15 is 0 Å². The van der Waals surface area contributed by atoms with Crippen molar-refractivity contribution in [3.8, 4) is 0 Å². The van der Waals surface area contributed by atoms with Gasteiger partial charge in [0.15, 0.2) is 5.82 Å². The molecule has 7 heteroatoms. The largest absolute Gasteiger partial charge is 0.308 e. The Morgan fingerprint density at radius 2 is 2.00 bits per heavy atom. The summed E-state index contributed by atoms with van der Waals surface area (Å²) in [4.78, 5) is 17.9. The highest BCUT2D eigenvalue weighted by Crippen LogP contribution is 2.22. The first kappa shape index (κ1) is 17.2. The van der Waals surface area contributed by atoms with E-state index in [4.69, 9.17) is 23.2 Å². The third-order valence-corrected chi connectivity index (χ3v) is 3.87. The Kier molecular flexibility index (Phi) is 6.20. The fourth-order valence-electron chi connectivity index (χ4n) is 1.88. The zero-order chi connectivity index (χ0) is 16.1. The summed E-state index contributed by atoms with van der Waals surface area (Å²) < 4.78 is 1.03. The van der Waals surface area contributed by atoms with Gasteiger partial charge in [-0.2, -0.15) is 0 Å². The molecule has 0 fully saturated rings. The van der Waals surface area contributed by atoms with Crippen molar-refractivity contribution in [3.63, 3.8) is 0 Å². The molecular weight excluding hydrogens is 389 g/mol. The van der Waals surface area contributed by atoms with E-state index in [1.165, 1.54) is 12.3 Å². The van der Waals surface area contributed by atoms with Gasteiger partial charge in [-0.15, -0.1) is 0 Å². The maximum absolute atomic E-state index is 12.0. The molecule has 1 aromatic heterocycles. The lowest BCUT2D eigenvalue weighted by molar-refractivity contribution is -0.117. The van der Waals surface area contributed by atoms with Crippen LogP contribution < -0.4 is 5.32 Å². The fourth-order valence-corrected chi connectivity index (χ4v) is 2.57. The monoisotopic (exact) mass is 401 g/mol. The summed E-state index contributed by atoms with van der Waals surface area (Å²) in [6.45, 7) is 0.902. The molecule has 2 rings (SSSR count). The maximum atomic E-state index is 12.0. The normalized spacial score (nSPS) is 10.8. The number of benzene rings is 1. The van der Waals surface area contributed by atoms with E-state index in [-0.39, 0.29) is 12.5 Å². The van der Waals surface area contributed by atoms with Gasteiger partial charge < -0.3 is 5.32 Å². The Labute approximate surface area is 147 Å². The van der Waals surface area contributed by atoms with Crippen molar-refractivity contribution >= 4 is 50.9 Å². The molecule has 1 aromatic carbocycles. The number of aromatic nitrogens is 1. The third-order valence-electron chi connectivity index (χ3n) is 2.84. The molecule has 22 heavy (non-hydrogen) atoms. The van der Waals surface area contributed by atoms with Crippen LogP contribution in [0.4, 0.5) is 5.82 Å². The molecule has 2 aromatic rings. The van der Waals surface area contributed by atoms with E-state index in [2.05, 4.69) is 26.2 Å². The van der Waals surface area contributed by atoms with Crippen LogP contribution in [-0.2, 0) is 11.3 Å². The molecule has 1 amide bonds. The zero-order valence-electron chi connectivity index (χ0n) is 11.8. The smallest absolute Gasteiger partial charge is 0.239 e. The van der Waals surface area contributed by atoms with Gasteiger partial charge in [-0.1, -0.05) is 51.3 Å². The number of rotatable bonds is 5. The predicted molar refractivity (Wildman–Crippen MR) is 93.4 cm³/mol. The summed E-state index contributed by atoms with van der Waals surface area (Å²) in [7, 11) is 1.87. The molecule has 0 radical (unpaired) electrons. The van der Waals surface area contributed by atoms with Crippen molar-refractivity contribution in [2.45, 2.75) is 6.54 Å². The van der Waals surface area contributed by atoms with Gasteiger partial charge >= 0.3 is 0 Å². The molecule has 0 unspecified atom stereocenters. The van der Waals surface area contributed by atoms with Crippen LogP contribution in [0.15, 0.2) is 41.0 Å². The zero-order valence-corrected chi connectivity index (χ0v) is 14.9. The number of hydrogen-bond acceptors (Lipinski definition) is 3. The minimum Gasteiger partial charge on any atom is -0.308 e. The Morgan fingerprint density at radius 1 is 1.32 bits per heavy atom. The highest BCUT2D eigenvalue weighted by atomic mass is 79.9. The number of nitrogens with one attached hydrogen (secondary N) is 1. The number of amides is 1. The summed E-state index contributed by atoms with van der Waals surface area (Å²) >= 11 is 15.1. The van der Waals surface area contributed by atoms with Crippen LogP contribution >= 0.6 is 39.1 Å². The number of carbonyl (C=O) groups is 1. The second kappa shape index (κ2) is 7.92. The highest BCUT2D eigenvalue weighted by molar-refractivity contribution is 9.10. The number of hydrogen-bond donors (Lipinski definition) is 1. The molecule has 0 aliphatic rings. The SMILES string of the molecule is CN(CC(=O)Nc1ncc(Cl)cc1Cl)Cc1ccc(Br)cc1. The second-order valence-electron chi connectivity index (χ2n) is 4.83. The number of halogens is 3. The molecule has 0 atom stereocenters. The molecular formula is C15H14BrCl2N3O. The third kappa shape index (κ3) is 5.25. The number of pyridine rings is 1. The fraction of sp³-hybridized carbons (Fsp3) is 0.200. The summed E-state index contributed by atoms with van der Waals surface area (Å²) in [6, 6.07) is 9.50. The van der Waals surface area contributed by atoms with Crippen LogP contribution in [0, 0.1) is 0 Å². The number of likely N-dealkylation sites (N-methyl/N-ethyl adjacent to an activating group) is 1. The Morgan fingerprint density at radius 3 is 2.64 bits per heavy atom. The average molecular weight is 403 g/mol. The number of anilines is 1. The minimum absolute atomic E-state index is 0.184. The quantitative estimate of drug-likeness (QED) is 0.814. The van der Waals surface area contributed by atoms with Gasteiger partial charge in [0.25, 0.3) is 0 Å². The van der Waals surface area contributed by atoms with E-state index in [0.717, 1.165) is 10.0 Å². The van der Waals surface area contributed by atoms with Crippen LogP contribution in [0.25, 0.3) is 0 Å². The second-order valence-corrected chi connectivity index (χ2v) is 6.59.